The molecule has 1 aliphatic heterocycles. The molecule has 1 aromatic rings. The Kier molecular flexibility index (Phi) is 3.96. The third-order valence-electron chi connectivity index (χ3n) is 3.27. The summed E-state index contributed by atoms with van der Waals surface area (Å²) in [5.74, 6) is 1.50. The normalized spacial score (nSPS) is 20.3. The Morgan fingerprint density at radius 2 is 2.12 bits per heavy atom. The molecule has 0 saturated carbocycles. The number of hydrogen-bond donors (Lipinski definition) is 1. The van der Waals surface area contributed by atoms with E-state index in [9.17, 15) is 0 Å². The average molecular weight is 240 g/mol. The van der Waals surface area contributed by atoms with Crippen LogP contribution in [0.4, 0.5) is 5.95 Å². The lowest BCUT2D eigenvalue weighted by molar-refractivity contribution is 0.121. The summed E-state index contributed by atoms with van der Waals surface area (Å²) < 4.78 is 10.5. The molecule has 2 heterocycles. The summed E-state index contributed by atoms with van der Waals surface area (Å²) >= 11 is 0. The number of nitrogens with two attached hydrogens (primary N) is 1. The molecule has 1 aliphatic rings. The Morgan fingerprint density at radius 3 is 2.76 bits per heavy atom. The first-order chi connectivity index (χ1) is 8.22. The van der Waals surface area contributed by atoms with Crippen LogP contribution in [0, 0.1) is 5.92 Å². The summed E-state index contributed by atoms with van der Waals surface area (Å²) in [5, 5.41) is 3.98. The molecule has 1 fully saturated rings. The van der Waals surface area contributed by atoms with E-state index in [4.69, 9.17) is 15.0 Å². The van der Waals surface area contributed by atoms with E-state index in [0.29, 0.717) is 31.0 Å². The van der Waals surface area contributed by atoms with Crippen molar-refractivity contribution < 1.29 is 9.26 Å². The second-order valence-electron chi connectivity index (χ2n) is 4.44. The molecule has 0 bridgehead atoms. The van der Waals surface area contributed by atoms with Crippen LogP contribution in [0.1, 0.15) is 32.2 Å². The van der Waals surface area contributed by atoms with Crippen molar-refractivity contribution in [3.05, 3.63) is 5.89 Å². The number of morpholine rings is 1. The summed E-state index contributed by atoms with van der Waals surface area (Å²) in [7, 11) is 0. The van der Waals surface area contributed by atoms with Crippen LogP contribution < -0.4 is 10.6 Å². The fourth-order valence-electron chi connectivity index (χ4n) is 1.75. The Balaban J connectivity index is 2.04. The molecule has 1 unspecified atom stereocenters. The maximum atomic E-state index is 6.05. The van der Waals surface area contributed by atoms with Crippen molar-refractivity contribution in [3.8, 4) is 0 Å². The molecule has 17 heavy (non-hydrogen) atoms. The number of nitrogens with zero attached hydrogens (tertiary/aromatic N) is 3. The highest BCUT2D eigenvalue weighted by molar-refractivity contribution is 5.28. The molecule has 2 atom stereocenters. The highest BCUT2D eigenvalue weighted by Gasteiger charge is 2.22. The fourth-order valence-corrected chi connectivity index (χ4v) is 1.75. The predicted octanol–water partition coefficient (Wildman–Crippen LogP) is 0.952. The first-order valence-corrected chi connectivity index (χ1v) is 6.14. The third-order valence-corrected chi connectivity index (χ3v) is 3.27. The summed E-state index contributed by atoms with van der Waals surface area (Å²) in [6.07, 6.45) is 0.996. The summed E-state index contributed by atoms with van der Waals surface area (Å²) in [6, 6.07) is -0.178. The SMILES string of the molecule is CCC(C)[C@H](N)c1nc(N2CCOCC2)no1. The van der Waals surface area contributed by atoms with Gasteiger partial charge in [0.05, 0.1) is 19.3 Å². The molecule has 1 aromatic heterocycles. The molecular formula is C11H20N4O2. The van der Waals surface area contributed by atoms with Crippen molar-refractivity contribution in [2.45, 2.75) is 26.3 Å². The molecule has 0 amide bonds. The van der Waals surface area contributed by atoms with E-state index in [-0.39, 0.29) is 6.04 Å². The van der Waals surface area contributed by atoms with E-state index in [0.717, 1.165) is 19.5 Å². The molecule has 6 nitrogen and oxygen atoms in total. The second kappa shape index (κ2) is 5.46. The molecule has 2 rings (SSSR count). The van der Waals surface area contributed by atoms with Crippen molar-refractivity contribution >= 4 is 5.95 Å². The van der Waals surface area contributed by atoms with E-state index in [1.54, 1.807) is 0 Å². The summed E-state index contributed by atoms with van der Waals surface area (Å²) in [5.41, 5.74) is 6.05. The zero-order chi connectivity index (χ0) is 12.3. The maximum absolute atomic E-state index is 6.05. The molecule has 1 saturated heterocycles. The van der Waals surface area contributed by atoms with E-state index in [1.807, 2.05) is 0 Å². The fraction of sp³-hybridized carbons (Fsp3) is 0.818. The van der Waals surface area contributed by atoms with Gasteiger partial charge in [0.15, 0.2) is 0 Å². The van der Waals surface area contributed by atoms with Gasteiger partial charge >= 0.3 is 0 Å². The second-order valence-corrected chi connectivity index (χ2v) is 4.44. The topological polar surface area (TPSA) is 77.4 Å². The van der Waals surface area contributed by atoms with Crippen LogP contribution in [0.2, 0.25) is 0 Å². The molecule has 0 spiro atoms. The van der Waals surface area contributed by atoms with E-state index in [2.05, 4.69) is 28.9 Å². The van der Waals surface area contributed by atoms with Crippen LogP contribution in [0.5, 0.6) is 0 Å². The summed E-state index contributed by atoms with van der Waals surface area (Å²) in [6.45, 7) is 7.21. The monoisotopic (exact) mass is 240 g/mol. The van der Waals surface area contributed by atoms with Gasteiger partial charge in [-0.3, -0.25) is 0 Å². The van der Waals surface area contributed by atoms with Crippen LogP contribution in [0.3, 0.4) is 0 Å². The Labute approximate surface area is 101 Å². The lowest BCUT2D eigenvalue weighted by Crippen LogP contribution is -2.36. The third kappa shape index (κ3) is 2.76. The van der Waals surface area contributed by atoms with Crippen LogP contribution in [0.25, 0.3) is 0 Å². The number of ether oxygens (including phenoxy) is 1. The van der Waals surface area contributed by atoms with Gasteiger partial charge in [-0.05, 0) is 11.1 Å². The Bertz CT molecular complexity index is 332. The van der Waals surface area contributed by atoms with Gasteiger partial charge in [0.25, 0.3) is 5.95 Å². The van der Waals surface area contributed by atoms with E-state index < -0.39 is 0 Å². The van der Waals surface area contributed by atoms with Gasteiger partial charge in [-0.15, -0.1) is 0 Å². The smallest absolute Gasteiger partial charge is 0.266 e. The largest absolute Gasteiger partial charge is 0.378 e. The number of aromatic nitrogens is 2. The lowest BCUT2D eigenvalue weighted by Gasteiger charge is -2.24. The minimum atomic E-state index is -0.178. The number of rotatable bonds is 4. The van der Waals surface area contributed by atoms with Gasteiger partial charge in [-0.1, -0.05) is 20.3 Å². The van der Waals surface area contributed by atoms with Crippen molar-refractivity contribution in [2.24, 2.45) is 11.7 Å². The van der Waals surface area contributed by atoms with E-state index >= 15 is 0 Å². The first kappa shape index (κ1) is 12.3. The van der Waals surface area contributed by atoms with Crippen LogP contribution >= 0.6 is 0 Å². The minimum Gasteiger partial charge on any atom is -0.378 e. The quantitative estimate of drug-likeness (QED) is 0.844. The molecule has 0 aliphatic carbocycles. The Morgan fingerprint density at radius 1 is 1.41 bits per heavy atom. The lowest BCUT2D eigenvalue weighted by atomic mass is 10.0. The van der Waals surface area contributed by atoms with Gasteiger partial charge < -0.3 is 19.9 Å². The van der Waals surface area contributed by atoms with Crippen LogP contribution in [-0.2, 0) is 4.74 Å². The van der Waals surface area contributed by atoms with Gasteiger partial charge in [-0.2, -0.15) is 4.98 Å². The molecule has 2 N–H and O–H groups in total. The van der Waals surface area contributed by atoms with Gasteiger partial charge in [0.1, 0.15) is 0 Å². The zero-order valence-electron chi connectivity index (χ0n) is 10.4. The number of anilines is 1. The molecule has 0 aromatic carbocycles. The van der Waals surface area contributed by atoms with Crippen molar-refractivity contribution in [3.63, 3.8) is 0 Å². The number of hydrogen-bond acceptors (Lipinski definition) is 6. The van der Waals surface area contributed by atoms with Crippen LogP contribution in [0.15, 0.2) is 4.52 Å². The summed E-state index contributed by atoms with van der Waals surface area (Å²) in [4.78, 5) is 6.43. The van der Waals surface area contributed by atoms with Gasteiger partial charge in [0.2, 0.25) is 5.89 Å². The van der Waals surface area contributed by atoms with Crippen molar-refractivity contribution in [1.82, 2.24) is 10.1 Å². The molecule has 6 heteroatoms. The highest BCUT2D eigenvalue weighted by atomic mass is 16.5. The Hall–Kier alpha value is -1.14. The van der Waals surface area contributed by atoms with Crippen LogP contribution in [-0.4, -0.2) is 36.4 Å². The van der Waals surface area contributed by atoms with Crippen molar-refractivity contribution in [2.75, 3.05) is 31.2 Å². The van der Waals surface area contributed by atoms with E-state index in [1.165, 1.54) is 0 Å². The molecular weight excluding hydrogens is 220 g/mol. The van der Waals surface area contributed by atoms with Gasteiger partial charge in [0, 0.05) is 13.1 Å². The average Bonchev–Trinajstić information content (AvgIpc) is 2.87. The highest BCUT2D eigenvalue weighted by Crippen LogP contribution is 2.22. The molecule has 0 radical (unpaired) electrons. The van der Waals surface area contributed by atoms with Crippen molar-refractivity contribution in [1.29, 1.82) is 0 Å². The molecule has 96 valence electrons. The van der Waals surface area contributed by atoms with Gasteiger partial charge in [-0.25, -0.2) is 0 Å². The maximum Gasteiger partial charge on any atom is 0.266 e. The first-order valence-electron chi connectivity index (χ1n) is 6.14. The standard InChI is InChI=1S/C11H20N4O2/c1-3-8(2)9(12)10-13-11(14-17-10)15-4-6-16-7-5-15/h8-9H,3-7,12H2,1-2H3/t8?,9-/m0/s1. The zero-order valence-corrected chi connectivity index (χ0v) is 10.4. The predicted molar refractivity (Wildman–Crippen MR) is 63.7 cm³/mol. The minimum absolute atomic E-state index is 0.178.